The molecule has 0 spiro atoms. The molecule has 0 radical (unpaired) electrons. The van der Waals surface area contributed by atoms with E-state index in [2.05, 4.69) is 5.32 Å². The van der Waals surface area contributed by atoms with Crippen molar-refractivity contribution in [2.24, 2.45) is 5.92 Å². The summed E-state index contributed by atoms with van der Waals surface area (Å²) < 4.78 is 0. The molecule has 1 amide bonds. The van der Waals surface area contributed by atoms with Gasteiger partial charge < -0.3 is 5.32 Å². The maximum Gasteiger partial charge on any atom is 0.251 e. The van der Waals surface area contributed by atoms with Crippen LogP contribution in [0, 0.1) is 12.8 Å². The molecule has 104 valence electrons. The summed E-state index contributed by atoms with van der Waals surface area (Å²) in [5, 5.41) is 3.71. The molecular weight excluding hydrogens is 281 g/mol. The first kappa shape index (κ1) is 14.7. The van der Waals surface area contributed by atoms with Crippen molar-refractivity contribution < 1.29 is 4.79 Å². The van der Waals surface area contributed by atoms with Gasteiger partial charge in [-0.15, -0.1) is 11.6 Å². The largest absolute Gasteiger partial charge is 0.349 e. The van der Waals surface area contributed by atoms with Crippen LogP contribution in [0.3, 0.4) is 0 Å². The van der Waals surface area contributed by atoms with Crippen LogP contribution in [0.2, 0.25) is 5.02 Å². The summed E-state index contributed by atoms with van der Waals surface area (Å²) >= 11 is 11.9. The van der Waals surface area contributed by atoms with Gasteiger partial charge in [0, 0.05) is 22.5 Å². The summed E-state index contributed by atoms with van der Waals surface area (Å²) in [5.41, 5.74) is 1.60. The van der Waals surface area contributed by atoms with E-state index in [4.69, 9.17) is 23.2 Å². The Kier molecular flexibility index (Phi) is 5.12. The van der Waals surface area contributed by atoms with E-state index in [9.17, 15) is 4.79 Å². The minimum Gasteiger partial charge on any atom is -0.349 e. The number of rotatable bonds is 3. The number of halogens is 2. The van der Waals surface area contributed by atoms with Crippen molar-refractivity contribution >= 4 is 29.1 Å². The molecule has 0 bridgehead atoms. The first-order valence-corrected chi connectivity index (χ1v) is 7.66. The molecule has 0 heterocycles. The van der Waals surface area contributed by atoms with Crippen LogP contribution in [0.1, 0.15) is 41.6 Å². The van der Waals surface area contributed by atoms with E-state index in [1.807, 2.05) is 13.0 Å². The SMILES string of the molecule is Cc1ccc(Cl)cc1C(=O)NC1CCCCC1CCl. The second-order valence-corrected chi connectivity index (χ2v) is 5.98. The van der Waals surface area contributed by atoms with Crippen molar-refractivity contribution in [3.05, 3.63) is 34.3 Å². The molecule has 0 aromatic heterocycles. The number of carbonyl (C=O) groups is 1. The molecule has 1 fully saturated rings. The molecule has 1 N–H and O–H groups in total. The maximum absolute atomic E-state index is 12.3. The molecule has 2 atom stereocenters. The lowest BCUT2D eigenvalue weighted by Crippen LogP contribution is -2.43. The van der Waals surface area contributed by atoms with E-state index in [-0.39, 0.29) is 11.9 Å². The molecule has 2 rings (SSSR count). The Morgan fingerprint density at radius 1 is 1.37 bits per heavy atom. The van der Waals surface area contributed by atoms with Gasteiger partial charge in [-0.25, -0.2) is 0 Å². The zero-order chi connectivity index (χ0) is 13.8. The van der Waals surface area contributed by atoms with Crippen molar-refractivity contribution in [1.82, 2.24) is 5.32 Å². The number of alkyl halides is 1. The van der Waals surface area contributed by atoms with Crippen LogP contribution in [-0.2, 0) is 0 Å². The highest BCUT2D eigenvalue weighted by atomic mass is 35.5. The second-order valence-electron chi connectivity index (χ2n) is 5.24. The standard InChI is InChI=1S/C15H19Cl2NO/c1-10-6-7-12(17)8-13(10)15(19)18-14-5-3-2-4-11(14)9-16/h6-8,11,14H,2-5,9H2,1H3,(H,18,19). The molecule has 0 aliphatic heterocycles. The summed E-state index contributed by atoms with van der Waals surface area (Å²) in [6.07, 6.45) is 4.48. The van der Waals surface area contributed by atoms with Crippen LogP contribution in [0.5, 0.6) is 0 Å². The number of amides is 1. The molecule has 2 unspecified atom stereocenters. The topological polar surface area (TPSA) is 29.1 Å². The monoisotopic (exact) mass is 299 g/mol. The van der Waals surface area contributed by atoms with E-state index < -0.39 is 0 Å². The van der Waals surface area contributed by atoms with E-state index >= 15 is 0 Å². The molecule has 1 aromatic carbocycles. The molecule has 0 saturated heterocycles. The summed E-state index contributed by atoms with van der Waals surface area (Å²) in [6.45, 7) is 1.92. The molecular formula is C15H19Cl2NO. The average Bonchev–Trinajstić information content (AvgIpc) is 2.42. The number of carbonyl (C=O) groups excluding carboxylic acids is 1. The smallest absolute Gasteiger partial charge is 0.251 e. The first-order valence-electron chi connectivity index (χ1n) is 6.75. The third-order valence-electron chi connectivity index (χ3n) is 3.87. The van der Waals surface area contributed by atoms with Gasteiger partial charge in [-0.2, -0.15) is 0 Å². The molecule has 1 aliphatic carbocycles. The molecule has 4 heteroatoms. The lowest BCUT2D eigenvalue weighted by Gasteiger charge is -2.31. The Morgan fingerprint density at radius 2 is 2.11 bits per heavy atom. The Hall–Kier alpha value is -0.730. The number of hydrogen-bond donors (Lipinski definition) is 1. The highest BCUT2D eigenvalue weighted by Crippen LogP contribution is 2.26. The summed E-state index contributed by atoms with van der Waals surface area (Å²) in [6, 6.07) is 5.59. The fraction of sp³-hybridized carbons (Fsp3) is 0.533. The number of benzene rings is 1. The van der Waals surface area contributed by atoms with Crippen molar-refractivity contribution in [3.63, 3.8) is 0 Å². The lowest BCUT2D eigenvalue weighted by atomic mass is 9.85. The zero-order valence-corrected chi connectivity index (χ0v) is 12.6. The van der Waals surface area contributed by atoms with Gasteiger partial charge >= 0.3 is 0 Å². The van der Waals surface area contributed by atoms with Gasteiger partial charge in [-0.1, -0.05) is 30.5 Å². The summed E-state index contributed by atoms with van der Waals surface area (Å²) in [7, 11) is 0. The van der Waals surface area contributed by atoms with Gasteiger partial charge in [0.25, 0.3) is 5.91 Å². The van der Waals surface area contributed by atoms with Crippen LogP contribution in [0.4, 0.5) is 0 Å². The van der Waals surface area contributed by atoms with Crippen LogP contribution in [0.25, 0.3) is 0 Å². The summed E-state index contributed by atoms with van der Waals surface area (Å²) in [4.78, 5) is 12.3. The second kappa shape index (κ2) is 6.62. The van der Waals surface area contributed by atoms with Crippen LogP contribution in [-0.4, -0.2) is 17.8 Å². The van der Waals surface area contributed by atoms with Gasteiger partial charge in [0.15, 0.2) is 0 Å². The van der Waals surface area contributed by atoms with E-state index in [1.165, 1.54) is 6.42 Å². The Balaban J connectivity index is 2.09. The highest BCUT2D eigenvalue weighted by molar-refractivity contribution is 6.31. The first-order chi connectivity index (χ1) is 9.11. The van der Waals surface area contributed by atoms with Crippen molar-refractivity contribution in [1.29, 1.82) is 0 Å². The highest BCUT2D eigenvalue weighted by Gasteiger charge is 2.26. The predicted molar refractivity (Wildman–Crippen MR) is 80.1 cm³/mol. The van der Waals surface area contributed by atoms with Gasteiger partial charge in [0.1, 0.15) is 0 Å². The Morgan fingerprint density at radius 3 is 2.84 bits per heavy atom. The Labute approximate surface area is 124 Å². The number of nitrogens with one attached hydrogen (secondary N) is 1. The number of hydrogen-bond acceptors (Lipinski definition) is 1. The summed E-state index contributed by atoms with van der Waals surface area (Å²) in [5.74, 6) is 0.959. The van der Waals surface area contributed by atoms with Crippen molar-refractivity contribution in [2.75, 3.05) is 5.88 Å². The zero-order valence-electron chi connectivity index (χ0n) is 11.1. The maximum atomic E-state index is 12.3. The molecule has 1 aromatic rings. The number of aryl methyl sites for hydroxylation is 1. The molecule has 1 saturated carbocycles. The molecule has 1 aliphatic rings. The molecule has 2 nitrogen and oxygen atoms in total. The minimum atomic E-state index is -0.0398. The minimum absolute atomic E-state index is 0.0398. The van der Waals surface area contributed by atoms with E-state index in [1.54, 1.807) is 12.1 Å². The van der Waals surface area contributed by atoms with E-state index in [0.29, 0.717) is 22.4 Å². The van der Waals surface area contributed by atoms with Gasteiger partial charge in [-0.05, 0) is 43.4 Å². The van der Waals surface area contributed by atoms with E-state index in [0.717, 1.165) is 24.8 Å². The van der Waals surface area contributed by atoms with Gasteiger partial charge in [-0.3, -0.25) is 4.79 Å². The normalized spacial score (nSPS) is 23.1. The van der Waals surface area contributed by atoms with Crippen LogP contribution >= 0.6 is 23.2 Å². The Bertz CT molecular complexity index is 461. The average molecular weight is 300 g/mol. The lowest BCUT2D eigenvalue weighted by molar-refractivity contribution is 0.0910. The predicted octanol–water partition coefficient (Wildman–Crippen LogP) is 4.18. The third-order valence-corrected chi connectivity index (χ3v) is 4.50. The fourth-order valence-corrected chi connectivity index (χ4v) is 3.21. The fourth-order valence-electron chi connectivity index (χ4n) is 2.67. The van der Waals surface area contributed by atoms with Gasteiger partial charge in [0.05, 0.1) is 0 Å². The third kappa shape index (κ3) is 3.64. The van der Waals surface area contributed by atoms with Gasteiger partial charge in [0.2, 0.25) is 0 Å². The van der Waals surface area contributed by atoms with Crippen LogP contribution in [0.15, 0.2) is 18.2 Å². The van der Waals surface area contributed by atoms with Crippen molar-refractivity contribution in [3.8, 4) is 0 Å². The van der Waals surface area contributed by atoms with Crippen LogP contribution < -0.4 is 5.32 Å². The van der Waals surface area contributed by atoms with Crippen molar-refractivity contribution in [2.45, 2.75) is 38.6 Å². The quantitative estimate of drug-likeness (QED) is 0.834. The molecule has 19 heavy (non-hydrogen) atoms.